The first-order valence-corrected chi connectivity index (χ1v) is 13.9. The first kappa shape index (κ1) is 29.7. The number of rotatable bonds is 9. The molecule has 2 heterocycles. The summed E-state index contributed by atoms with van der Waals surface area (Å²) < 4.78 is 5.97. The van der Waals surface area contributed by atoms with Crippen molar-refractivity contribution in [2.75, 3.05) is 57.3 Å². The molecule has 200 valence electrons. The summed E-state index contributed by atoms with van der Waals surface area (Å²) in [5.74, 6) is 1.79. The Bertz CT molecular complexity index is 851. The van der Waals surface area contributed by atoms with E-state index in [-0.39, 0.29) is 5.91 Å². The second kappa shape index (κ2) is 16.3. The molecule has 2 aliphatic rings. The minimum Gasteiger partial charge on any atom is -0.494 e. The Morgan fingerprint density at radius 2 is 1.78 bits per heavy atom. The van der Waals surface area contributed by atoms with Crippen LogP contribution in [0.2, 0.25) is 0 Å². The zero-order valence-electron chi connectivity index (χ0n) is 23.5. The van der Waals surface area contributed by atoms with Gasteiger partial charge in [0.2, 0.25) is 0 Å². The number of carbonyl (C=O) groups excluding carboxylic acids is 1. The van der Waals surface area contributed by atoms with Gasteiger partial charge in [-0.25, -0.2) is 0 Å². The maximum absolute atomic E-state index is 12.7. The van der Waals surface area contributed by atoms with Crippen LogP contribution >= 0.6 is 0 Å². The number of anilines is 1. The zero-order valence-corrected chi connectivity index (χ0v) is 23.5. The van der Waals surface area contributed by atoms with Gasteiger partial charge in [-0.3, -0.25) is 4.79 Å². The molecule has 0 bridgehead atoms. The Kier molecular flexibility index (Phi) is 13.4. The topological polar surface area (TPSA) is 36.0 Å². The van der Waals surface area contributed by atoms with Gasteiger partial charge < -0.3 is 19.4 Å². The normalized spacial score (nSPS) is 19.1. The summed E-state index contributed by atoms with van der Waals surface area (Å²) >= 11 is 0. The van der Waals surface area contributed by atoms with Gasteiger partial charge >= 0.3 is 0 Å². The van der Waals surface area contributed by atoms with Gasteiger partial charge in [-0.2, -0.15) is 0 Å². The lowest BCUT2D eigenvalue weighted by atomic mass is 10.0. The fourth-order valence-electron chi connectivity index (χ4n) is 4.74. The number of allylic oxidation sites excluding steroid dienone is 3. The number of carbonyl (C=O) groups is 1. The van der Waals surface area contributed by atoms with E-state index < -0.39 is 0 Å². The maximum atomic E-state index is 12.7. The summed E-state index contributed by atoms with van der Waals surface area (Å²) in [6.45, 7) is 21.9. The molecule has 2 fully saturated rings. The molecule has 0 saturated carbocycles. The lowest BCUT2D eigenvalue weighted by molar-refractivity contribution is -0.127. The Labute approximate surface area is 220 Å². The third-order valence-corrected chi connectivity index (χ3v) is 6.50. The highest BCUT2D eigenvalue weighted by Crippen LogP contribution is 2.22. The molecule has 3 rings (SSSR count). The molecule has 0 spiro atoms. The van der Waals surface area contributed by atoms with E-state index in [0.29, 0.717) is 18.7 Å². The highest BCUT2D eigenvalue weighted by atomic mass is 16.5. The third kappa shape index (κ3) is 10.2. The number of hydrogen-bond acceptors (Lipinski definition) is 4. The maximum Gasteiger partial charge on any atom is 0.253 e. The molecular formula is C31H49N3O2. The van der Waals surface area contributed by atoms with Gasteiger partial charge in [0.1, 0.15) is 5.75 Å². The summed E-state index contributed by atoms with van der Waals surface area (Å²) in [5.41, 5.74) is 2.77. The summed E-state index contributed by atoms with van der Waals surface area (Å²) in [5, 5.41) is 0. The Hall–Kier alpha value is -2.53. The molecular weight excluding hydrogens is 446 g/mol. The summed E-state index contributed by atoms with van der Waals surface area (Å²) in [6, 6.07) is 8.38. The van der Waals surface area contributed by atoms with Gasteiger partial charge in [-0.1, -0.05) is 51.5 Å². The summed E-state index contributed by atoms with van der Waals surface area (Å²) in [7, 11) is 0. The minimum atomic E-state index is 0.0289. The van der Waals surface area contributed by atoms with E-state index >= 15 is 0 Å². The summed E-state index contributed by atoms with van der Waals surface area (Å²) in [4.78, 5) is 19.5. The summed E-state index contributed by atoms with van der Waals surface area (Å²) in [6.07, 6.45) is 10.8. The number of nitrogens with zero attached hydrogens (tertiary/aromatic N) is 3. The number of amides is 1. The standard InChI is InChI=1S/C28H41N3O2.C3H8/c1-5-8-23(2)21-25(4)28(32)31-18-16-30(17-19-31)26-10-12-27(13-11-26)33-20-7-15-29-14-6-9-24(3)22-29;1-3-2/h5,8,10-13,21,24H,4,6-7,9,14-20,22H2,1-3H3;3H2,1-2H3/b8-5-,23-21-;. The molecule has 5 heteroatoms. The van der Waals surface area contributed by atoms with E-state index in [1.807, 2.05) is 37.0 Å². The zero-order chi connectivity index (χ0) is 26.3. The number of hydrogen-bond donors (Lipinski definition) is 0. The van der Waals surface area contributed by atoms with Gasteiger partial charge in [-0.15, -0.1) is 0 Å². The predicted octanol–water partition coefficient (Wildman–Crippen LogP) is 6.33. The van der Waals surface area contributed by atoms with E-state index in [0.717, 1.165) is 49.9 Å². The second-order valence-electron chi connectivity index (χ2n) is 10.1. The van der Waals surface area contributed by atoms with Crippen molar-refractivity contribution >= 4 is 11.6 Å². The minimum absolute atomic E-state index is 0.0289. The van der Waals surface area contributed by atoms with Crippen LogP contribution in [0.4, 0.5) is 5.69 Å². The molecule has 0 aliphatic carbocycles. The Morgan fingerprint density at radius 1 is 1.11 bits per heavy atom. The van der Waals surface area contributed by atoms with Crippen molar-refractivity contribution in [1.82, 2.24) is 9.80 Å². The first-order chi connectivity index (χ1) is 17.4. The molecule has 2 saturated heterocycles. The van der Waals surface area contributed by atoms with E-state index in [1.54, 1.807) is 0 Å². The van der Waals surface area contributed by atoms with Crippen molar-refractivity contribution in [3.63, 3.8) is 0 Å². The lowest BCUT2D eigenvalue weighted by Gasteiger charge is -2.36. The first-order valence-electron chi connectivity index (χ1n) is 13.9. The van der Waals surface area contributed by atoms with Gasteiger partial charge in [0.05, 0.1) is 6.61 Å². The van der Waals surface area contributed by atoms with Crippen LogP contribution < -0.4 is 9.64 Å². The number of likely N-dealkylation sites (tertiary alicyclic amines) is 1. The molecule has 1 amide bonds. The molecule has 1 aromatic rings. The van der Waals surface area contributed by atoms with Crippen molar-refractivity contribution in [1.29, 1.82) is 0 Å². The molecule has 0 radical (unpaired) electrons. The lowest BCUT2D eigenvalue weighted by Crippen LogP contribution is -2.49. The van der Waals surface area contributed by atoms with Crippen LogP contribution in [0.15, 0.2) is 60.2 Å². The molecule has 36 heavy (non-hydrogen) atoms. The van der Waals surface area contributed by atoms with Crippen LogP contribution in [0.25, 0.3) is 0 Å². The van der Waals surface area contributed by atoms with E-state index in [9.17, 15) is 4.79 Å². The van der Waals surface area contributed by atoms with Crippen LogP contribution in [0.3, 0.4) is 0 Å². The average molecular weight is 496 g/mol. The van der Waals surface area contributed by atoms with Crippen LogP contribution in [0.1, 0.15) is 60.3 Å². The average Bonchev–Trinajstić information content (AvgIpc) is 2.87. The number of benzene rings is 1. The third-order valence-electron chi connectivity index (χ3n) is 6.50. The van der Waals surface area contributed by atoms with Gasteiger partial charge in [0, 0.05) is 50.5 Å². The number of piperidine rings is 1. The van der Waals surface area contributed by atoms with Crippen molar-refractivity contribution in [2.24, 2.45) is 5.92 Å². The Morgan fingerprint density at radius 3 is 2.39 bits per heavy atom. The highest BCUT2D eigenvalue weighted by Gasteiger charge is 2.22. The fourth-order valence-corrected chi connectivity index (χ4v) is 4.74. The molecule has 1 aromatic carbocycles. The van der Waals surface area contributed by atoms with E-state index in [1.165, 1.54) is 38.0 Å². The Balaban J connectivity index is 0.00000145. The smallest absolute Gasteiger partial charge is 0.253 e. The van der Waals surface area contributed by atoms with E-state index in [2.05, 4.69) is 61.4 Å². The van der Waals surface area contributed by atoms with Crippen molar-refractivity contribution in [2.45, 2.75) is 60.3 Å². The molecule has 5 nitrogen and oxygen atoms in total. The van der Waals surface area contributed by atoms with Crippen molar-refractivity contribution < 1.29 is 9.53 Å². The van der Waals surface area contributed by atoms with Crippen molar-refractivity contribution in [3.8, 4) is 5.75 Å². The molecule has 1 unspecified atom stereocenters. The fraction of sp³-hybridized carbons (Fsp3) is 0.581. The SMILES string of the molecule is C=C(/C=C(C)\C=C/C)C(=O)N1CCN(c2ccc(OCCCN3CCCC(C)C3)cc2)CC1.CCC. The molecule has 0 aromatic heterocycles. The van der Waals surface area contributed by atoms with Crippen LogP contribution in [0, 0.1) is 5.92 Å². The van der Waals surface area contributed by atoms with Crippen LogP contribution in [-0.2, 0) is 4.79 Å². The highest BCUT2D eigenvalue weighted by molar-refractivity contribution is 5.96. The van der Waals surface area contributed by atoms with Crippen molar-refractivity contribution in [3.05, 3.63) is 60.2 Å². The van der Waals surface area contributed by atoms with Gasteiger partial charge in [0.15, 0.2) is 0 Å². The molecule has 0 N–H and O–H groups in total. The second-order valence-corrected chi connectivity index (χ2v) is 10.1. The largest absolute Gasteiger partial charge is 0.494 e. The van der Waals surface area contributed by atoms with Crippen LogP contribution in [0.5, 0.6) is 5.75 Å². The molecule has 1 atom stereocenters. The van der Waals surface area contributed by atoms with Gasteiger partial charge in [0.25, 0.3) is 5.91 Å². The van der Waals surface area contributed by atoms with Gasteiger partial charge in [-0.05, 0) is 75.9 Å². The number of ether oxygens (including phenoxy) is 1. The predicted molar refractivity (Wildman–Crippen MR) is 154 cm³/mol. The quantitative estimate of drug-likeness (QED) is 0.228. The van der Waals surface area contributed by atoms with E-state index in [4.69, 9.17) is 4.74 Å². The monoisotopic (exact) mass is 495 g/mol. The molecule has 2 aliphatic heterocycles. The number of piperazine rings is 1. The van der Waals surface area contributed by atoms with Crippen LogP contribution in [-0.4, -0.2) is 68.1 Å².